The number of fused-ring (bicyclic) bond motifs is 2. The summed E-state index contributed by atoms with van der Waals surface area (Å²) >= 11 is 0. The van der Waals surface area contributed by atoms with E-state index in [9.17, 15) is 4.79 Å². The summed E-state index contributed by atoms with van der Waals surface area (Å²) in [6, 6.07) is 7.94. The van der Waals surface area contributed by atoms with E-state index in [1.54, 1.807) is 7.11 Å². The Morgan fingerprint density at radius 2 is 1.65 bits per heavy atom. The zero-order valence-electron chi connectivity index (χ0n) is 15.4. The molecule has 4 nitrogen and oxygen atoms in total. The molecule has 2 aliphatic rings. The van der Waals surface area contributed by atoms with Gasteiger partial charge in [-0.25, -0.2) is 0 Å². The molecule has 136 valence electrons. The van der Waals surface area contributed by atoms with Gasteiger partial charge in [-0.1, -0.05) is 12.1 Å². The fourth-order valence-electron chi connectivity index (χ4n) is 4.15. The Balaban J connectivity index is 1.48. The summed E-state index contributed by atoms with van der Waals surface area (Å²) in [5, 5.41) is 3.26. The number of carbonyl (C=O) groups excluding carboxylic acids is 1. The lowest BCUT2D eigenvalue weighted by Gasteiger charge is -2.22. The predicted octanol–water partition coefficient (Wildman–Crippen LogP) is 4.03. The van der Waals surface area contributed by atoms with Crippen molar-refractivity contribution < 1.29 is 9.53 Å². The number of pyridine rings is 1. The first-order valence-electron chi connectivity index (χ1n) is 9.71. The molecule has 0 fully saturated rings. The highest BCUT2D eigenvalue weighted by molar-refractivity contribution is 5.93. The first kappa shape index (κ1) is 17.1. The van der Waals surface area contributed by atoms with Gasteiger partial charge in [0, 0.05) is 17.8 Å². The van der Waals surface area contributed by atoms with Crippen LogP contribution in [0.2, 0.25) is 0 Å². The highest BCUT2D eigenvalue weighted by atomic mass is 16.5. The molecule has 4 rings (SSSR count). The van der Waals surface area contributed by atoms with E-state index in [2.05, 4.69) is 5.32 Å². The maximum atomic E-state index is 12.6. The second kappa shape index (κ2) is 7.48. The van der Waals surface area contributed by atoms with Crippen molar-refractivity contribution in [2.24, 2.45) is 0 Å². The lowest BCUT2D eigenvalue weighted by molar-refractivity contribution is -0.116. The normalized spacial score (nSPS) is 15.3. The van der Waals surface area contributed by atoms with Crippen molar-refractivity contribution in [1.82, 2.24) is 4.98 Å². The fourth-order valence-corrected chi connectivity index (χ4v) is 4.15. The third-order valence-electron chi connectivity index (χ3n) is 5.57. The molecule has 1 aromatic carbocycles. The van der Waals surface area contributed by atoms with Gasteiger partial charge in [-0.15, -0.1) is 0 Å². The minimum Gasteiger partial charge on any atom is -0.497 e. The largest absolute Gasteiger partial charge is 0.497 e. The third kappa shape index (κ3) is 3.46. The summed E-state index contributed by atoms with van der Waals surface area (Å²) in [7, 11) is 1.66. The number of hydrogen-bond acceptors (Lipinski definition) is 3. The standard InChI is InChI=1S/C22H26N2O2/c1-26-16-12-9-15(10-13-16)11-14-21(25)24-22-17-5-2-3-7-19(17)23-20-8-4-6-18(20)22/h9-10,12-13H,2-8,11,14H2,1H3,(H,23,24,25). The van der Waals surface area contributed by atoms with Crippen LogP contribution in [0.15, 0.2) is 24.3 Å². The van der Waals surface area contributed by atoms with Crippen LogP contribution in [0.25, 0.3) is 0 Å². The first-order chi connectivity index (χ1) is 12.7. The van der Waals surface area contributed by atoms with Crippen molar-refractivity contribution in [3.63, 3.8) is 0 Å². The Morgan fingerprint density at radius 1 is 1.00 bits per heavy atom. The SMILES string of the molecule is COc1ccc(CCC(=O)Nc2c3c(nc4c2CCC4)CCCC3)cc1. The molecule has 2 aromatic rings. The minimum absolute atomic E-state index is 0.105. The molecule has 0 saturated carbocycles. The molecule has 1 amide bonds. The van der Waals surface area contributed by atoms with Crippen LogP contribution in [0.4, 0.5) is 5.69 Å². The Morgan fingerprint density at radius 3 is 2.38 bits per heavy atom. The van der Waals surface area contributed by atoms with E-state index in [-0.39, 0.29) is 5.91 Å². The molecule has 0 bridgehead atoms. The first-order valence-corrected chi connectivity index (χ1v) is 9.71. The quantitative estimate of drug-likeness (QED) is 0.886. The number of nitrogens with one attached hydrogen (secondary N) is 1. The van der Waals surface area contributed by atoms with Crippen molar-refractivity contribution in [2.45, 2.75) is 57.8 Å². The molecule has 0 aliphatic heterocycles. The average molecular weight is 350 g/mol. The van der Waals surface area contributed by atoms with Crippen LogP contribution >= 0.6 is 0 Å². The van der Waals surface area contributed by atoms with Gasteiger partial charge in [0.1, 0.15) is 5.75 Å². The summed E-state index contributed by atoms with van der Waals surface area (Å²) in [5.74, 6) is 0.950. The third-order valence-corrected chi connectivity index (χ3v) is 5.57. The maximum Gasteiger partial charge on any atom is 0.224 e. The molecular formula is C22H26N2O2. The molecule has 4 heteroatoms. The number of aryl methyl sites for hydroxylation is 3. The van der Waals surface area contributed by atoms with E-state index in [0.717, 1.165) is 55.5 Å². The van der Waals surface area contributed by atoms with Crippen LogP contribution in [0, 0.1) is 0 Å². The molecule has 1 aromatic heterocycles. The zero-order chi connectivity index (χ0) is 17.9. The molecule has 1 N–H and O–H groups in total. The minimum atomic E-state index is 0.105. The van der Waals surface area contributed by atoms with Gasteiger partial charge in [0.2, 0.25) is 5.91 Å². The number of hydrogen-bond donors (Lipinski definition) is 1. The van der Waals surface area contributed by atoms with Crippen molar-refractivity contribution in [2.75, 3.05) is 12.4 Å². The van der Waals surface area contributed by atoms with Gasteiger partial charge in [-0.3, -0.25) is 9.78 Å². The number of aromatic nitrogens is 1. The number of anilines is 1. The van der Waals surface area contributed by atoms with E-state index >= 15 is 0 Å². The summed E-state index contributed by atoms with van der Waals surface area (Å²) in [6.07, 6.45) is 9.00. The monoisotopic (exact) mass is 350 g/mol. The molecule has 26 heavy (non-hydrogen) atoms. The van der Waals surface area contributed by atoms with Gasteiger partial charge in [-0.2, -0.15) is 0 Å². The smallest absolute Gasteiger partial charge is 0.224 e. The molecular weight excluding hydrogens is 324 g/mol. The van der Waals surface area contributed by atoms with Crippen molar-refractivity contribution in [1.29, 1.82) is 0 Å². The van der Waals surface area contributed by atoms with Crippen LogP contribution in [-0.2, 0) is 36.9 Å². The molecule has 0 atom stereocenters. The number of ether oxygens (including phenoxy) is 1. The number of amides is 1. The van der Waals surface area contributed by atoms with Gasteiger partial charge in [0.05, 0.1) is 12.8 Å². The number of methoxy groups -OCH3 is 1. The lowest BCUT2D eigenvalue weighted by atomic mass is 9.92. The number of rotatable bonds is 5. The Kier molecular flexibility index (Phi) is 4.91. The Hall–Kier alpha value is -2.36. The van der Waals surface area contributed by atoms with Crippen LogP contribution in [0.1, 0.15) is 53.8 Å². The molecule has 1 heterocycles. The van der Waals surface area contributed by atoms with E-state index in [0.29, 0.717) is 6.42 Å². The highest BCUT2D eigenvalue weighted by Crippen LogP contribution is 2.36. The summed E-state index contributed by atoms with van der Waals surface area (Å²) in [5.41, 5.74) is 7.29. The van der Waals surface area contributed by atoms with Crippen LogP contribution in [0.5, 0.6) is 5.75 Å². The van der Waals surface area contributed by atoms with Crippen LogP contribution in [0.3, 0.4) is 0 Å². The van der Waals surface area contributed by atoms with Crippen molar-refractivity contribution in [3.05, 3.63) is 52.3 Å². The van der Waals surface area contributed by atoms with Gasteiger partial charge in [0.15, 0.2) is 0 Å². The summed E-state index contributed by atoms with van der Waals surface area (Å²) < 4.78 is 5.18. The maximum absolute atomic E-state index is 12.6. The molecule has 0 unspecified atom stereocenters. The van der Waals surface area contributed by atoms with E-state index < -0.39 is 0 Å². The molecule has 0 radical (unpaired) electrons. The summed E-state index contributed by atoms with van der Waals surface area (Å²) in [4.78, 5) is 17.5. The fraction of sp³-hybridized carbons (Fsp3) is 0.455. The second-order valence-corrected chi connectivity index (χ2v) is 7.29. The van der Waals surface area contributed by atoms with Crippen molar-refractivity contribution >= 4 is 11.6 Å². The lowest BCUT2D eigenvalue weighted by Crippen LogP contribution is -2.19. The highest BCUT2D eigenvalue weighted by Gasteiger charge is 2.25. The predicted molar refractivity (Wildman–Crippen MR) is 103 cm³/mol. The zero-order valence-corrected chi connectivity index (χ0v) is 15.4. The van der Waals surface area contributed by atoms with Gasteiger partial charge in [-0.05, 0) is 80.2 Å². The van der Waals surface area contributed by atoms with Crippen molar-refractivity contribution in [3.8, 4) is 5.75 Å². The van der Waals surface area contributed by atoms with Gasteiger partial charge < -0.3 is 10.1 Å². The van der Waals surface area contributed by atoms with Crippen LogP contribution < -0.4 is 10.1 Å². The second-order valence-electron chi connectivity index (χ2n) is 7.29. The van der Waals surface area contributed by atoms with Gasteiger partial charge in [0.25, 0.3) is 0 Å². The Bertz CT molecular complexity index is 812. The average Bonchev–Trinajstić information content (AvgIpc) is 3.15. The Labute approximate surface area is 155 Å². The molecule has 0 spiro atoms. The number of nitrogens with zero attached hydrogens (tertiary/aromatic N) is 1. The number of carbonyl (C=O) groups is 1. The van der Waals surface area contributed by atoms with E-state index in [1.807, 2.05) is 24.3 Å². The van der Waals surface area contributed by atoms with E-state index in [4.69, 9.17) is 9.72 Å². The van der Waals surface area contributed by atoms with E-state index in [1.165, 1.54) is 35.4 Å². The van der Waals surface area contributed by atoms with Crippen LogP contribution in [-0.4, -0.2) is 18.0 Å². The molecule has 2 aliphatic carbocycles. The topological polar surface area (TPSA) is 51.2 Å². The molecule has 0 saturated heterocycles. The van der Waals surface area contributed by atoms with Gasteiger partial charge >= 0.3 is 0 Å². The summed E-state index contributed by atoms with van der Waals surface area (Å²) in [6.45, 7) is 0. The number of benzene rings is 1.